The van der Waals surface area contributed by atoms with Gasteiger partial charge in [-0.3, -0.25) is 0 Å². The van der Waals surface area contributed by atoms with Crippen molar-refractivity contribution in [3.63, 3.8) is 0 Å². The average Bonchev–Trinajstić information content (AvgIpc) is 3.03. The fraction of sp³-hybridized carbons (Fsp3) is 0.158. The van der Waals surface area contributed by atoms with Gasteiger partial charge >= 0.3 is 0 Å². The molecule has 3 aliphatic rings. The third-order valence-corrected chi connectivity index (χ3v) is 5.23. The molecule has 26 heavy (non-hydrogen) atoms. The van der Waals surface area contributed by atoms with Gasteiger partial charge < -0.3 is 20.9 Å². The van der Waals surface area contributed by atoms with Crippen molar-refractivity contribution in [2.24, 2.45) is 0 Å². The van der Waals surface area contributed by atoms with Crippen molar-refractivity contribution >= 4 is 17.4 Å². The third kappa shape index (κ3) is 2.30. The summed E-state index contributed by atoms with van der Waals surface area (Å²) in [4.78, 5) is 10.4. The van der Waals surface area contributed by atoms with E-state index in [4.69, 9.17) is 11.6 Å². The zero-order valence-corrected chi connectivity index (χ0v) is 14.7. The molecule has 0 radical (unpaired) electrons. The largest absolute Gasteiger partial charge is 0.362 e. The molecule has 1 aromatic heterocycles. The first-order valence-corrected chi connectivity index (χ1v) is 8.83. The molecular weight excluding hydrogens is 348 g/mol. The molecule has 4 heterocycles. The zero-order chi connectivity index (χ0) is 17.6. The Labute approximate surface area is 156 Å². The van der Waals surface area contributed by atoms with Gasteiger partial charge in [-0.2, -0.15) is 0 Å². The molecule has 0 bridgehead atoms. The van der Waals surface area contributed by atoms with E-state index in [0.29, 0.717) is 5.03 Å². The maximum Gasteiger partial charge on any atom is 0.153 e. The summed E-state index contributed by atoms with van der Waals surface area (Å²) in [6, 6.07) is 10.3. The van der Waals surface area contributed by atoms with Crippen LogP contribution < -0.4 is 16.0 Å². The summed E-state index contributed by atoms with van der Waals surface area (Å²) in [5.74, 6) is 0.725. The summed E-state index contributed by atoms with van der Waals surface area (Å²) in [7, 11) is 0. The van der Waals surface area contributed by atoms with Gasteiger partial charge in [0, 0.05) is 37.2 Å². The predicted molar refractivity (Wildman–Crippen MR) is 101 cm³/mol. The van der Waals surface area contributed by atoms with Crippen LogP contribution in [-0.4, -0.2) is 21.4 Å². The Morgan fingerprint density at radius 3 is 3.04 bits per heavy atom. The average molecular weight is 365 g/mol. The molecular formula is C19H17ClN6. The molecule has 5 rings (SSSR count). The maximum atomic E-state index is 6.59. The lowest BCUT2D eigenvalue weighted by Crippen LogP contribution is -2.57. The fourth-order valence-electron chi connectivity index (χ4n) is 3.76. The summed E-state index contributed by atoms with van der Waals surface area (Å²) in [6.07, 6.45) is 9.19. The monoisotopic (exact) mass is 364 g/mol. The van der Waals surface area contributed by atoms with Crippen LogP contribution in [0.5, 0.6) is 0 Å². The Kier molecular flexibility index (Phi) is 3.48. The second-order valence-corrected chi connectivity index (χ2v) is 6.87. The van der Waals surface area contributed by atoms with E-state index in [1.54, 1.807) is 6.20 Å². The highest BCUT2D eigenvalue weighted by atomic mass is 35.5. The predicted octanol–water partition coefficient (Wildman–Crippen LogP) is 2.57. The van der Waals surface area contributed by atoms with E-state index in [9.17, 15) is 0 Å². The molecule has 2 aromatic rings. The standard InChI is InChI=1S/C19H17ClN6/c20-16-7-14(25-18-5-6-21-12-23-18)10-26-17(16)9-24-19(26)11-22-8-13-3-1-2-4-15(13)19/h1-7,9-10,12,22,24H,8,11H2,(H,21,23,25). The van der Waals surface area contributed by atoms with E-state index >= 15 is 0 Å². The molecule has 1 aromatic carbocycles. The smallest absolute Gasteiger partial charge is 0.153 e. The van der Waals surface area contributed by atoms with Crippen LogP contribution in [0.15, 0.2) is 77.8 Å². The van der Waals surface area contributed by atoms with Gasteiger partial charge in [0.15, 0.2) is 5.66 Å². The minimum atomic E-state index is -0.392. The van der Waals surface area contributed by atoms with Crippen LogP contribution in [0.1, 0.15) is 11.1 Å². The lowest BCUT2D eigenvalue weighted by molar-refractivity contribution is 0.168. The fourth-order valence-corrected chi connectivity index (χ4v) is 4.02. The zero-order valence-electron chi connectivity index (χ0n) is 13.9. The van der Waals surface area contributed by atoms with Crippen LogP contribution in [0.25, 0.3) is 0 Å². The van der Waals surface area contributed by atoms with Gasteiger partial charge in [-0.25, -0.2) is 9.97 Å². The molecule has 0 saturated heterocycles. The molecule has 6 nitrogen and oxygen atoms in total. The number of halogens is 1. The number of nitrogens with zero attached hydrogens (tertiary/aromatic N) is 3. The minimum Gasteiger partial charge on any atom is -0.362 e. The Morgan fingerprint density at radius 2 is 2.15 bits per heavy atom. The van der Waals surface area contributed by atoms with Crippen molar-refractivity contribution < 1.29 is 0 Å². The topological polar surface area (TPSA) is 65.1 Å². The van der Waals surface area contributed by atoms with Gasteiger partial charge in [-0.15, -0.1) is 0 Å². The van der Waals surface area contributed by atoms with Crippen molar-refractivity contribution in [3.8, 4) is 0 Å². The van der Waals surface area contributed by atoms with Crippen LogP contribution in [0.2, 0.25) is 0 Å². The van der Waals surface area contributed by atoms with Gasteiger partial charge in [-0.05, 0) is 17.7 Å². The number of rotatable bonds is 2. The van der Waals surface area contributed by atoms with Gasteiger partial charge in [0.05, 0.1) is 16.4 Å². The lowest BCUT2D eigenvalue weighted by atomic mass is 9.89. The first kappa shape index (κ1) is 15.4. The molecule has 0 amide bonds. The highest BCUT2D eigenvalue weighted by molar-refractivity contribution is 6.32. The second-order valence-electron chi connectivity index (χ2n) is 6.46. The van der Waals surface area contributed by atoms with E-state index in [1.807, 2.05) is 18.3 Å². The van der Waals surface area contributed by atoms with Crippen LogP contribution >= 0.6 is 11.6 Å². The summed E-state index contributed by atoms with van der Waals surface area (Å²) in [5, 5.41) is 11.1. The Balaban J connectivity index is 1.56. The maximum absolute atomic E-state index is 6.59. The highest BCUT2D eigenvalue weighted by Gasteiger charge is 2.46. The van der Waals surface area contributed by atoms with Gasteiger partial charge in [0.1, 0.15) is 12.1 Å². The molecule has 0 fully saturated rings. The first-order valence-electron chi connectivity index (χ1n) is 8.45. The quantitative estimate of drug-likeness (QED) is 0.761. The highest BCUT2D eigenvalue weighted by Crippen LogP contribution is 2.43. The van der Waals surface area contributed by atoms with E-state index in [-0.39, 0.29) is 0 Å². The van der Waals surface area contributed by atoms with Crippen molar-refractivity contribution in [2.75, 3.05) is 11.9 Å². The number of fused-ring (bicyclic) bond motifs is 4. The number of allylic oxidation sites excluding steroid dienone is 2. The number of hydrogen-bond donors (Lipinski definition) is 3. The number of aromatic nitrogens is 2. The molecule has 1 unspecified atom stereocenters. The van der Waals surface area contributed by atoms with E-state index in [0.717, 1.165) is 30.3 Å². The number of nitrogens with one attached hydrogen (secondary N) is 3. The van der Waals surface area contributed by atoms with E-state index < -0.39 is 5.66 Å². The molecule has 1 atom stereocenters. The number of anilines is 1. The molecule has 0 aliphatic carbocycles. The Morgan fingerprint density at radius 1 is 1.23 bits per heavy atom. The summed E-state index contributed by atoms with van der Waals surface area (Å²) >= 11 is 6.59. The van der Waals surface area contributed by atoms with Crippen molar-refractivity contribution in [1.29, 1.82) is 0 Å². The van der Waals surface area contributed by atoms with Crippen molar-refractivity contribution in [2.45, 2.75) is 12.2 Å². The summed E-state index contributed by atoms with van der Waals surface area (Å²) < 4.78 is 0. The molecule has 0 saturated carbocycles. The molecule has 3 N–H and O–H groups in total. The molecule has 1 spiro atoms. The summed E-state index contributed by atoms with van der Waals surface area (Å²) in [5.41, 5.74) is 3.98. The third-order valence-electron chi connectivity index (χ3n) is 4.93. The second kappa shape index (κ2) is 5.86. The molecule has 7 heteroatoms. The first-order chi connectivity index (χ1) is 12.8. The van der Waals surface area contributed by atoms with E-state index in [1.165, 1.54) is 17.5 Å². The number of hydrogen-bond acceptors (Lipinski definition) is 6. The number of benzene rings is 1. The summed E-state index contributed by atoms with van der Waals surface area (Å²) in [6.45, 7) is 1.63. The van der Waals surface area contributed by atoms with Gasteiger partial charge in [-0.1, -0.05) is 35.9 Å². The van der Waals surface area contributed by atoms with Gasteiger partial charge in [0.25, 0.3) is 0 Å². The van der Waals surface area contributed by atoms with Crippen molar-refractivity contribution in [1.82, 2.24) is 25.5 Å². The Hall–Kier alpha value is -2.83. The van der Waals surface area contributed by atoms with Crippen LogP contribution in [0.4, 0.5) is 5.82 Å². The molecule has 130 valence electrons. The minimum absolute atomic E-state index is 0.392. The normalized spacial score (nSPS) is 23.4. The van der Waals surface area contributed by atoms with Crippen LogP contribution in [-0.2, 0) is 12.2 Å². The Bertz CT molecular complexity index is 952. The van der Waals surface area contributed by atoms with E-state index in [2.05, 4.69) is 61.3 Å². The molecule has 3 aliphatic heterocycles. The lowest BCUT2D eigenvalue weighted by Gasteiger charge is -2.44. The van der Waals surface area contributed by atoms with Crippen LogP contribution in [0, 0.1) is 0 Å². The van der Waals surface area contributed by atoms with Gasteiger partial charge in [0.2, 0.25) is 0 Å². The van der Waals surface area contributed by atoms with Crippen molar-refractivity contribution in [3.05, 3.63) is 88.9 Å². The van der Waals surface area contributed by atoms with Crippen LogP contribution in [0.3, 0.4) is 0 Å². The SMILES string of the molecule is ClC1=CC(Nc2ccncn2)=CN2C1=CNC21CNCc2ccccc21.